The minimum absolute atomic E-state index is 0.243. The summed E-state index contributed by atoms with van der Waals surface area (Å²) in [7, 11) is 2.10. The molecule has 2 heterocycles. The Hall–Kier alpha value is -1.59. The van der Waals surface area contributed by atoms with Crippen LogP contribution in [0.1, 0.15) is 10.4 Å². The molecular weight excluding hydrogens is 258 g/mol. The van der Waals surface area contributed by atoms with E-state index in [9.17, 15) is 0 Å². The topological polar surface area (TPSA) is 51.4 Å². The summed E-state index contributed by atoms with van der Waals surface area (Å²) >= 11 is 1.55. The molecular formula is C14H17N3OS. The molecule has 0 fully saturated rings. The van der Waals surface area contributed by atoms with Crippen LogP contribution in [0, 0.1) is 0 Å². The van der Waals surface area contributed by atoms with Crippen LogP contribution in [0.2, 0.25) is 0 Å². The first-order chi connectivity index (χ1) is 9.20. The van der Waals surface area contributed by atoms with Gasteiger partial charge < -0.3 is 10.5 Å². The Morgan fingerprint density at radius 2 is 2.32 bits per heavy atom. The summed E-state index contributed by atoms with van der Waals surface area (Å²) in [5, 5.41) is 0.632. The number of para-hydroxylation sites is 1. The van der Waals surface area contributed by atoms with Gasteiger partial charge in [-0.05, 0) is 18.7 Å². The van der Waals surface area contributed by atoms with E-state index >= 15 is 0 Å². The minimum Gasteiger partial charge on any atom is -0.488 e. The van der Waals surface area contributed by atoms with Crippen LogP contribution < -0.4 is 10.5 Å². The summed E-state index contributed by atoms with van der Waals surface area (Å²) in [5.41, 5.74) is 6.95. The van der Waals surface area contributed by atoms with Gasteiger partial charge in [0.25, 0.3) is 0 Å². The molecule has 0 saturated heterocycles. The fourth-order valence-corrected chi connectivity index (χ4v) is 3.19. The number of hydrogen-bond donors (Lipinski definition) is 1. The quantitative estimate of drug-likeness (QED) is 0.929. The second-order valence-electron chi connectivity index (χ2n) is 4.91. The summed E-state index contributed by atoms with van der Waals surface area (Å²) in [6.07, 6.45) is 3.08. The van der Waals surface area contributed by atoms with Crippen molar-refractivity contribution < 1.29 is 4.74 Å². The van der Waals surface area contributed by atoms with Crippen molar-refractivity contribution in [3.8, 4) is 5.75 Å². The number of hydrogen-bond acceptors (Lipinski definition) is 5. The predicted octanol–water partition coefficient (Wildman–Crippen LogP) is 2.16. The molecule has 0 amide bonds. The normalized spacial score (nSPS) is 17.5. The van der Waals surface area contributed by atoms with Crippen LogP contribution in [0.5, 0.6) is 5.75 Å². The van der Waals surface area contributed by atoms with E-state index in [-0.39, 0.29) is 6.10 Å². The van der Waals surface area contributed by atoms with Gasteiger partial charge in [-0.25, -0.2) is 4.98 Å². The fourth-order valence-electron chi connectivity index (χ4n) is 2.43. The largest absolute Gasteiger partial charge is 0.488 e. The SMILES string of the molecule is CN(Cc1cnc(N)s1)C[C@H]1Cc2ccccc2O1. The molecule has 0 bridgehead atoms. The number of ether oxygens (including phenoxy) is 1. The number of likely N-dealkylation sites (N-methyl/N-ethyl adjacent to an activating group) is 1. The lowest BCUT2D eigenvalue weighted by atomic mass is 10.1. The Balaban J connectivity index is 1.55. The highest BCUT2D eigenvalue weighted by Gasteiger charge is 2.23. The number of thiazole rings is 1. The molecule has 0 saturated carbocycles. The summed E-state index contributed by atoms with van der Waals surface area (Å²) in [6.45, 7) is 1.78. The van der Waals surface area contributed by atoms with Crippen molar-refractivity contribution in [2.75, 3.05) is 19.3 Å². The lowest BCUT2D eigenvalue weighted by Crippen LogP contribution is -2.31. The van der Waals surface area contributed by atoms with E-state index in [0.29, 0.717) is 5.13 Å². The Kier molecular flexibility index (Phi) is 3.40. The van der Waals surface area contributed by atoms with Crippen LogP contribution in [0.15, 0.2) is 30.5 Å². The van der Waals surface area contributed by atoms with Crippen molar-refractivity contribution in [1.29, 1.82) is 0 Å². The maximum atomic E-state index is 5.94. The average molecular weight is 275 g/mol. The maximum absolute atomic E-state index is 5.94. The molecule has 2 N–H and O–H groups in total. The van der Waals surface area contributed by atoms with Crippen molar-refractivity contribution in [1.82, 2.24) is 9.88 Å². The van der Waals surface area contributed by atoms with Crippen LogP contribution in [0.4, 0.5) is 5.13 Å². The molecule has 1 aliphatic heterocycles. The summed E-state index contributed by atoms with van der Waals surface area (Å²) < 4.78 is 5.94. The highest BCUT2D eigenvalue weighted by molar-refractivity contribution is 7.15. The zero-order valence-corrected chi connectivity index (χ0v) is 11.7. The molecule has 0 unspecified atom stereocenters. The number of nitrogens with zero attached hydrogens (tertiary/aromatic N) is 2. The molecule has 0 radical (unpaired) electrons. The second-order valence-corrected chi connectivity index (χ2v) is 6.06. The molecule has 1 aliphatic rings. The number of fused-ring (bicyclic) bond motifs is 1. The van der Waals surface area contributed by atoms with Crippen molar-refractivity contribution in [2.45, 2.75) is 19.1 Å². The third-order valence-electron chi connectivity index (χ3n) is 3.23. The van der Waals surface area contributed by atoms with E-state index in [4.69, 9.17) is 10.5 Å². The first kappa shape index (κ1) is 12.4. The van der Waals surface area contributed by atoms with Gasteiger partial charge in [-0.1, -0.05) is 18.2 Å². The number of anilines is 1. The lowest BCUT2D eigenvalue weighted by molar-refractivity contribution is 0.165. The number of rotatable bonds is 4. The van der Waals surface area contributed by atoms with Gasteiger partial charge in [-0.15, -0.1) is 11.3 Å². The van der Waals surface area contributed by atoms with E-state index in [1.807, 2.05) is 18.3 Å². The summed E-state index contributed by atoms with van der Waals surface area (Å²) in [6, 6.07) is 8.26. The molecule has 5 heteroatoms. The molecule has 100 valence electrons. The van der Waals surface area contributed by atoms with Gasteiger partial charge in [0.15, 0.2) is 5.13 Å². The van der Waals surface area contributed by atoms with E-state index in [1.165, 1.54) is 10.4 Å². The van der Waals surface area contributed by atoms with Gasteiger partial charge >= 0.3 is 0 Å². The van der Waals surface area contributed by atoms with Crippen molar-refractivity contribution in [2.24, 2.45) is 0 Å². The Morgan fingerprint density at radius 3 is 3.05 bits per heavy atom. The minimum atomic E-state index is 0.243. The first-order valence-electron chi connectivity index (χ1n) is 6.34. The van der Waals surface area contributed by atoms with E-state index in [2.05, 4.69) is 29.1 Å². The first-order valence-corrected chi connectivity index (χ1v) is 7.15. The van der Waals surface area contributed by atoms with Crippen molar-refractivity contribution in [3.05, 3.63) is 40.9 Å². The molecule has 4 nitrogen and oxygen atoms in total. The van der Waals surface area contributed by atoms with Gasteiger partial charge in [0.05, 0.1) is 0 Å². The van der Waals surface area contributed by atoms with Crippen molar-refractivity contribution >= 4 is 16.5 Å². The molecule has 1 aromatic heterocycles. The van der Waals surface area contributed by atoms with Crippen LogP contribution in [-0.2, 0) is 13.0 Å². The molecule has 2 aromatic rings. The van der Waals surface area contributed by atoms with Crippen LogP contribution >= 0.6 is 11.3 Å². The van der Waals surface area contributed by atoms with E-state index < -0.39 is 0 Å². The van der Waals surface area contributed by atoms with Gasteiger partial charge in [0, 0.05) is 30.6 Å². The molecule has 0 spiro atoms. The second kappa shape index (κ2) is 5.19. The highest BCUT2D eigenvalue weighted by Crippen LogP contribution is 2.28. The predicted molar refractivity (Wildman–Crippen MR) is 77.4 cm³/mol. The molecule has 0 aliphatic carbocycles. The van der Waals surface area contributed by atoms with E-state index in [1.54, 1.807) is 11.3 Å². The molecule has 1 atom stereocenters. The molecule has 3 rings (SSSR count). The smallest absolute Gasteiger partial charge is 0.180 e. The maximum Gasteiger partial charge on any atom is 0.180 e. The standard InChI is InChI=1S/C14H17N3OS/c1-17(9-12-7-16-14(15)19-12)8-11-6-10-4-2-3-5-13(10)18-11/h2-5,7,11H,6,8-9H2,1H3,(H2,15,16)/t11-/m1/s1. The van der Waals surface area contributed by atoms with Gasteiger partial charge in [0.2, 0.25) is 0 Å². The van der Waals surface area contributed by atoms with Gasteiger partial charge in [-0.3, -0.25) is 4.90 Å². The molecule has 19 heavy (non-hydrogen) atoms. The number of nitrogen functional groups attached to an aromatic ring is 1. The van der Waals surface area contributed by atoms with E-state index in [0.717, 1.165) is 25.3 Å². The third kappa shape index (κ3) is 2.88. The number of nitrogens with two attached hydrogens (primary N) is 1. The zero-order valence-electron chi connectivity index (χ0n) is 10.9. The van der Waals surface area contributed by atoms with Gasteiger partial charge in [-0.2, -0.15) is 0 Å². The number of benzene rings is 1. The van der Waals surface area contributed by atoms with Crippen LogP contribution in [0.3, 0.4) is 0 Å². The molecule has 1 aromatic carbocycles. The Bertz CT molecular complexity index is 544. The Labute approximate surface area is 116 Å². The lowest BCUT2D eigenvalue weighted by Gasteiger charge is -2.19. The summed E-state index contributed by atoms with van der Waals surface area (Å²) in [5.74, 6) is 1.03. The zero-order chi connectivity index (χ0) is 13.2. The summed E-state index contributed by atoms with van der Waals surface area (Å²) in [4.78, 5) is 7.52. The monoisotopic (exact) mass is 275 g/mol. The Morgan fingerprint density at radius 1 is 1.47 bits per heavy atom. The highest BCUT2D eigenvalue weighted by atomic mass is 32.1. The van der Waals surface area contributed by atoms with Crippen molar-refractivity contribution in [3.63, 3.8) is 0 Å². The average Bonchev–Trinajstić information content (AvgIpc) is 2.94. The van der Waals surface area contributed by atoms with Crippen LogP contribution in [-0.4, -0.2) is 29.6 Å². The fraction of sp³-hybridized carbons (Fsp3) is 0.357. The third-order valence-corrected chi connectivity index (χ3v) is 4.04. The number of aromatic nitrogens is 1. The van der Waals surface area contributed by atoms with Crippen LogP contribution in [0.25, 0.3) is 0 Å². The van der Waals surface area contributed by atoms with Gasteiger partial charge in [0.1, 0.15) is 11.9 Å².